The summed E-state index contributed by atoms with van der Waals surface area (Å²) in [6, 6.07) is 10.8. The minimum absolute atomic E-state index is 0.325. The SMILES string of the molecule is CSCCC(C(=O)Nc1ccc(Br)cc1Cl)N1C(=O)c2ccccc2C1=O. The molecular weight excluding hydrogens is 452 g/mol. The number of amides is 3. The van der Waals surface area contributed by atoms with E-state index < -0.39 is 23.8 Å². The lowest BCUT2D eigenvalue weighted by Gasteiger charge is -2.25. The van der Waals surface area contributed by atoms with Crippen molar-refractivity contribution in [1.82, 2.24) is 4.90 Å². The Balaban J connectivity index is 1.89. The van der Waals surface area contributed by atoms with Crippen molar-refractivity contribution >= 4 is 62.7 Å². The van der Waals surface area contributed by atoms with Crippen LogP contribution in [0.15, 0.2) is 46.9 Å². The number of hydrogen-bond donors (Lipinski definition) is 1. The van der Waals surface area contributed by atoms with Gasteiger partial charge >= 0.3 is 0 Å². The summed E-state index contributed by atoms with van der Waals surface area (Å²) in [5.41, 5.74) is 1.08. The number of nitrogens with one attached hydrogen (secondary N) is 1. The standard InChI is InChI=1S/C19H16BrClN2O3S/c1-27-9-8-16(17(24)22-15-7-6-11(20)10-14(15)21)23-18(25)12-4-2-3-5-13(12)19(23)26/h2-7,10,16H,8-9H2,1H3,(H,22,24). The number of hydrogen-bond acceptors (Lipinski definition) is 4. The Hall–Kier alpha value is -1.83. The maximum Gasteiger partial charge on any atom is 0.262 e. The molecule has 0 fully saturated rings. The molecule has 5 nitrogen and oxygen atoms in total. The van der Waals surface area contributed by atoms with Gasteiger partial charge in [-0.05, 0) is 48.8 Å². The van der Waals surface area contributed by atoms with Gasteiger partial charge in [0.1, 0.15) is 6.04 Å². The quantitative estimate of drug-likeness (QED) is 0.637. The number of anilines is 1. The lowest BCUT2D eigenvalue weighted by atomic mass is 10.1. The molecule has 1 heterocycles. The van der Waals surface area contributed by atoms with Crippen LogP contribution in [0, 0.1) is 0 Å². The first-order chi connectivity index (χ1) is 12.9. The van der Waals surface area contributed by atoms with Crippen LogP contribution in [0.4, 0.5) is 5.69 Å². The second-order valence-corrected chi connectivity index (χ2v) is 8.25. The van der Waals surface area contributed by atoms with Crippen molar-refractivity contribution in [2.24, 2.45) is 0 Å². The zero-order valence-corrected chi connectivity index (χ0v) is 17.5. The van der Waals surface area contributed by atoms with Crippen molar-refractivity contribution in [3.05, 3.63) is 63.1 Å². The predicted octanol–water partition coefficient (Wildman–Crippen LogP) is 4.46. The number of carbonyl (C=O) groups excluding carboxylic acids is 3. The van der Waals surface area contributed by atoms with Crippen molar-refractivity contribution < 1.29 is 14.4 Å². The Morgan fingerprint density at radius 3 is 2.37 bits per heavy atom. The van der Waals surface area contributed by atoms with Gasteiger partial charge in [-0.1, -0.05) is 39.7 Å². The van der Waals surface area contributed by atoms with Crippen LogP contribution < -0.4 is 5.32 Å². The number of nitrogens with zero attached hydrogens (tertiary/aromatic N) is 1. The molecule has 1 aliphatic heterocycles. The molecule has 0 aromatic heterocycles. The first kappa shape index (κ1) is 19.9. The third-order valence-electron chi connectivity index (χ3n) is 4.22. The van der Waals surface area contributed by atoms with Crippen LogP contribution in [-0.2, 0) is 4.79 Å². The Kier molecular flexibility index (Phi) is 6.24. The average molecular weight is 468 g/mol. The van der Waals surface area contributed by atoms with Gasteiger partial charge < -0.3 is 5.32 Å². The lowest BCUT2D eigenvalue weighted by molar-refractivity contribution is -0.120. The third-order valence-corrected chi connectivity index (χ3v) is 5.67. The Labute approximate surface area is 174 Å². The fourth-order valence-electron chi connectivity index (χ4n) is 2.90. The topological polar surface area (TPSA) is 66.5 Å². The number of rotatable bonds is 6. The van der Waals surface area contributed by atoms with E-state index in [9.17, 15) is 14.4 Å². The largest absolute Gasteiger partial charge is 0.323 e. The summed E-state index contributed by atoms with van der Waals surface area (Å²) in [6.07, 6.45) is 2.26. The molecule has 0 aliphatic carbocycles. The van der Waals surface area contributed by atoms with Crippen LogP contribution in [0.25, 0.3) is 0 Å². The summed E-state index contributed by atoms with van der Waals surface area (Å²) in [6.45, 7) is 0. The van der Waals surface area contributed by atoms with E-state index in [1.807, 2.05) is 6.26 Å². The molecule has 1 atom stereocenters. The fraction of sp³-hybridized carbons (Fsp3) is 0.211. The highest BCUT2D eigenvalue weighted by Gasteiger charge is 2.42. The number of thioether (sulfide) groups is 1. The van der Waals surface area contributed by atoms with E-state index in [2.05, 4.69) is 21.2 Å². The molecule has 140 valence electrons. The second kappa shape index (κ2) is 8.46. The highest BCUT2D eigenvalue weighted by molar-refractivity contribution is 9.10. The molecule has 0 radical (unpaired) electrons. The van der Waals surface area contributed by atoms with Crippen molar-refractivity contribution in [3.8, 4) is 0 Å². The maximum atomic E-state index is 12.9. The smallest absolute Gasteiger partial charge is 0.262 e. The summed E-state index contributed by atoms with van der Waals surface area (Å²) in [5, 5.41) is 3.11. The Bertz CT molecular complexity index is 887. The number of fused-ring (bicyclic) bond motifs is 1. The minimum atomic E-state index is -0.912. The van der Waals surface area contributed by atoms with E-state index in [-0.39, 0.29) is 0 Å². The molecule has 3 rings (SSSR count). The van der Waals surface area contributed by atoms with Gasteiger partial charge in [-0.3, -0.25) is 19.3 Å². The number of imide groups is 1. The molecular formula is C19H16BrClN2O3S. The van der Waals surface area contributed by atoms with E-state index in [0.717, 1.165) is 9.37 Å². The van der Waals surface area contributed by atoms with Gasteiger partial charge in [0.05, 0.1) is 21.8 Å². The van der Waals surface area contributed by atoms with E-state index in [1.54, 1.807) is 54.2 Å². The first-order valence-electron chi connectivity index (χ1n) is 8.15. The van der Waals surface area contributed by atoms with E-state index >= 15 is 0 Å². The Morgan fingerprint density at radius 2 is 1.81 bits per heavy atom. The van der Waals surface area contributed by atoms with E-state index in [1.165, 1.54) is 0 Å². The number of benzene rings is 2. The van der Waals surface area contributed by atoms with E-state index in [4.69, 9.17) is 11.6 Å². The molecule has 0 bridgehead atoms. The summed E-state index contributed by atoms with van der Waals surface area (Å²) in [4.78, 5) is 39.5. The summed E-state index contributed by atoms with van der Waals surface area (Å²) in [7, 11) is 0. The lowest BCUT2D eigenvalue weighted by Crippen LogP contribution is -2.47. The highest BCUT2D eigenvalue weighted by Crippen LogP contribution is 2.29. The second-order valence-electron chi connectivity index (χ2n) is 5.94. The monoisotopic (exact) mass is 466 g/mol. The zero-order chi connectivity index (χ0) is 19.6. The maximum absolute atomic E-state index is 12.9. The van der Waals surface area contributed by atoms with Crippen LogP contribution in [0.1, 0.15) is 27.1 Å². The summed E-state index contributed by atoms with van der Waals surface area (Å²) >= 11 is 11.0. The molecule has 1 unspecified atom stereocenters. The molecule has 8 heteroatoms. The van der Waals surface area contributed by atoms with Crippen molar-refractivity contribution in [3.63, 3.8) is 0 Å². The molecule has 0 spiro atoms. The van der Waals surface area contributed by atoms with Crippen LogP contribution in [0.5, 0.6) is 0 Å². The van der Waals surface area contributed by atoms with E-state index in [0.29, 0.717) is 34.0 Å². The predicted molar refractivity (Wildman–Crippen MR) is 112 cm³/mol. The number of halogens is 2. The molecule has 1 aliphatic rings. The van der Waals surface area contributed by atoms with Gasteiger partial charge in [0.2, 0.25) is 5.91 Å². The van der Waals surface area contributed by atoms with Gasteiger partial charge in [-0.15, -0.1) is 0 Å². The first-order valence-corrected chi connectivity index (χ1v) is 10.7. The molecule has 0 saturated carbocycles. The minimum Gasteiger partial charge on any atom is -0.323 e. The van der Waals surface area contributed by atoms with Gasteiger partial charge in [0.25, 0.3) is 11.8 Å². The molecule has 3 amide bonds. The van der Waals surface area contributed by atoms with Crippen molar-refractivity contribution in [2.75, 3.05) is 17.3 Å². The van der Waals surface area contributed by atoms with Gasteiger partial charge in [0, 0.05) is 4.47 Å². The molecule has 27 heavy (non-hydrogen) atoms. The fourth-order valence-corrected chi connectivity index (χ4v) is 4.08. The molecule has 2 aromatic carbocycles. The van der Waals surface area contributed by atoms with Crippen LogP contribution >= 0.6 is 39.3 Å². The van der Waals surface area contributed by atoms with Gasteiger partial charge in [-0.2, -0.15) is 11.8 Å². The molecule has 2 aromatic rings. The van der Waals surface area contributed by atoms with Gasteiger partial charge in [0.15, 0.2) is 0 Å². The van der Waals surface area contributed by atoms with Crippen molar-refractivity contribution in [1.29, 1.82) is 0 Å². The third kappa shape index (κ3) is 4.05. The summed E-state index contributed by atoms with van der Waals surface area (Å²) < 4.78 is 0.782. The van der Waals surface area contributed by atoms with Crippen LogP contribution in [0.3, 0.4) is 0 Å². The van der Waals surface area contributed by atoms with Gasteiger partial charge in [-0.25, -0.2) is 0 Å². The molecule has 1 N–H and O–H groups in total. The van der Waals surface area contributed by atoms with Crippen molar-refractivity contribution in [2.45, 2.75) is 12.5 Å². The van der Waals surface area contributed by atoms with Crippen LogP contribution in [0.2, 0.25) is 5.02 Å². The highest BCUT2D eigenvalue weighted by atomic mass is 79.9. The normalized spacial score (nSPS) is 14.3. The summed E-state index contributed by atoms with van der Waals surface area (Å²) in [5.74, 6) is -0.708. The Morgan fingerprint density at radius 1 is 1.19 bits per heavy atom. The number of carbonyl (C=O) groups is 3. The molecule has 0 saturated heterocycles. The van der Waals surface area contributed by atoms with Crippen LogP contribution in [-0.4, -0.2) is 40.7 Å². The average Bonchev–Trinajstić information content (AvgIpc) is 2.90. The zero-order valence-electron chi connectivity index (χ0n) is 14.4.